The van der Waals surface area contributed by atoms with Crippen LogP contribution in [0.25, 0.3) is 0 Å². The Kier molecular flexibility index (Phi) is 6.48. The Morgan fingerprint density at radius 3 is 2.31 bits per heavy atom. The van der Waals surface area contributed by atoms with E-state index < -0.39 is 17.0 Å². The number of hydrogen-bond acceptors (Lipinski definition) is 2. The van der Waals surface area contributed by atoms with Crippen LogP contribution in [0.3, 0.4) is 0 Å². The first-order valence-corrected chi connectivity index (χ1v) is 8.89. The van der Waals surface area contributed by atoms with E-state index in [0.717, 1.165) is 17.5 Å². The number of ether oxygens (including phenoxy) is 1. The molecule has 0 unspecified atom stereocenters. The summed E-state index contributed by atoms with van der Waals surface area (Å²) >= 11 is 0. The van der Waals surface area contributed by atoms with Crippen LogP contribution >= 0.6 is 0 Å². The molecule has 2 N–H and O–H groups in total. The summed E-state index contributed by atoms with van der Waals surface area (Å²) in [6, 6.07) is 12.8. The van der Waals surface area contributed by atoms with Crippen LogP contribution in [-0.2, 0) is 17.7 Å². The Hall–Kier alpha value is -1.85. The molecule has 0 aliphatic rings. The van der Waals surface area contributed by atoms with E-state index in [2.05, 4.69) is 0 Å². The van der Waals surface area contributed by atoms with Crippen molar-refractivity contribution in [3.05, 3.63) is 59.4 Å². The highest BCUT2D eigenvalue weighted by Gasteiger charge is 2.40. The average molecular weight is 358 g/mol. The lowest BCUT2D eigenvalue weighted by atomic mass is 9.79. The molecule has 139 valence electrons. The van der Waals surface area contributed by atoms with Crippen LogP contribution in [0.15, 0.2) is 42.5 Å². The van der Waals surface area contributed by atoms with Crippen molar-refractivity contribution in [2.24, 2.45) is 0 Å². The monoisotopic (exact) mass is 358 g/mol. The van der Waals surface area contributed by atoms with Gasteiger partial charge in [0.25, 0.3) is 0 Å². The van der Waals surface area contributed by atoms with Gasteiger partial charge in [-0.2, -0.15) is 0 Å². The normalized spacial score (nSPS) is 12.1. The van der Waals surface area contributed by atoms with E-state index in [9.17, 15) is 4.39 Å². The van der Waals surface area contributed by atoms with E-state index in [1.807, 2.05) is 51.1 Å². The summed E-state index contributed by atoms with van der Waals surface area (Å²) in [7, 11) is 1.55. The molecule has 26 heavy (non-hydrogen) atoms. The van der Waals surface area contributed by atoms with Crippen LogP contribution in [-0.4, -0.2) is 23.8 Å². The number of benzene rings is 2. The molecule has 0 spiro atoms. The fourth-order valence-electron chi connectivity index (χ4n) is 2.23. The molecule has 0 aliphatic heterocycles. The van der Waals surface area contributed by atoms with Gasteiger partial charge in [0.05, 0.1) is 0 Å². The Balaban J connectivity index is 2.13. The second-order valence-corrected chi connectivity index (χ2v) is 7.48. The van der Waals surface area contributed by atoms with Crippen LogP contribution < -0.4 is 10.2 Å². The minimum Gasteiger partial charge on any atom is -0.486 e. The zero-order chi connectivity index (χ0) is 19.4. The van der Waals surface area contributed by atoms with Crippen molar-refractivity contribution < 1.29 is 18.9 Å². The van der Waals surface area contributed by atoms with E-state index in [1.165, 1.54) is 6.07 Å². The third kappa shape index (κ3) is 5.09. The maximum absolute atomic E-state index is 14.5. The Morgan fingerprint density at radius 1 is 1.08 bits per heavy atom. The molecule has 0 amide bonds. The number of hydrogen-bond donors (Lipinski definition) is 0. The highest BCUT2D eigenvalue weighted by atomic mass is 19.1. The van der Waals surface area contributed by atoms with Crippen molar-refractivity contribution in [2.45, 2.75) is 58.8 Å². The average Bonchev–Trinajstić information content (AvgIpc) is 2.59. The molecular formula is C21H28BFO3+. The quantitative estimate of drug-likeness (QED) is 0.535. The fourth-order valence-corrected chi connectivity index (χ4v) is 2.23. The lowest BCUT2D eigenvalue weighted by molar-refractivity contribution is -0.0893. The molecule has 0 atom stereocenters. The second kappa shape index (κ2) is 8.23. The Bertz CT molecular complexity index is 724. The number of rotatable bonds is 8. The highest BCUT2D eigenvalue weighted by Crippen LogP contribution is 2.25. The minimum absolute atomic E-state index is 0.239. The first-order chi connectivity index (χ1) is 12.1. The van der Waals surface area contributed by atoms with E-state index >= 15 is 0 Å². The van der Waals surface area contributed by atoms with Crippen molar-refractivity contribution in [3.63, 3.8) is 0 Å². The third-order valence-electron chi connectivity index (χ3n) is 4.80. The van der Waals surface area contributed by atoms with Gasteiger partial charge in [0.15, 0.2) is 17.2 Å². The van der Waals surface area contributed by atoms with Gasteiger partial charge in [-0.15, -0.1) is 0 Å². The summed E-state index contributed by atoms with van der Waals surface area (Å²) in [5.74, 6) is -0.182. The summed E-state index contributed by atoms with van der Waals surface area (Å²) in [6.45, 7) is 9.63. The molecule has 5 heteroatoms. The topological polar surface area (TPSA) is 41.4 Å². The first kappa shape index (κ1) is 20.5. The molecule has 2 aromatic carbocycles. The van der Waals surface area contributed by atoms with Crippen LogP contribution in [0.2, 0.25) is 0 Å². The van der Waals surface area contributed by atoms with Gasteiger partial charge in [0.2, 0.25) is 0 Å². The van der Waals surface area contributed by atoms with E-state index in [4.69, 9.17) is 14.5 Å². The molecular weight excluding hydrogens is 330 g/mol. The van der Waals surface area contributed by atoms with Crippen molar-refractivity contribution in [3.8, 4) is 5.75 Å². The maximum Gasteiger partial charge on any atom is 0.331 e. The maximum atomic E-state index is 14.5. The van der Waals surface area contributed by atoms with Gasteiger partial charge in [0.1, 0.15) is 12.2 Å². The van der Waals surface area contributed by atoms with Gasteiger partial charge >= 0.3 is 7.48 Å². The predicted octanol–water partition coefficient (Wildman–Crippen LogP) is 3.51. The molecule has 0 aromatic heterocycles. The van der Waals surface area contributed by atoms with Gasteiger partial charge in [-0.1, -0.05) is 37.3 Å². The van der Waals surface area contributed by atoms with Crippen LogP contribution in [0, 0.1) is 5.82 Å². The molecule has 0 bridgehead atoms. The summed E-state index contributed by atoms with van der Waals surface area (Å²) in [5.41, 5.74) is 1.12. The summed E-state index contributed by atoms with van der Waals surface area (Å²) < 4.78 is 26.0. The Labute approximate surface area is 156 Å². The van der Waals surface area contributed by atoms with Gasteiger partial charge in [-0.25, -0.2) is 4.39 Å². The smallest absolute Gasteiger partial charge is 0.331 e. The molecule has 3 nitrogen and oxygen atoms in total. The van der Waals surface area contributed by atoms with E-state index in [0.29, 0.717) is 12.1 Å². The molecule has 2 aromatic rings. The molecule has 0 heterocycles. The molecule has 2 rings (SSSR count). The second-order valence-electron chi connectivity index (χ2n) is 7.48. The van der Waals surface area contributed by atoms with Crippen LogP contribution in [0.5, 0.6) is 5.75 Å². The van der Waals surface area contributed by atoms with Crippen molar-refractivity contribution in [1.82, 2.24) is 0 Å². The van der Waals surface area contributed by atoms with Gasteiger partial charge in [0, 0.05) is 13.8 Å². The zero-order valence-electron chi connectivity index (χ0n) is 16.2. The summed E-state index contributed by atoms with van der Waals surface area (Å²) in [4.78, 5) is 0. The van der Waals surface area contributed by atoms with Gasteiger partial charge in [-0.3, -0.25) is 0 Å². The van der Waals surface area contributed by atoms with Crippen LogP contribution in [0.4, 0.5) is 4.39 Å². The molecule has 0 saturated carbocycles. The SMILES string of the molecule is CCc1cc(OCc2ccccc2)c(F)cc1[B]OC(C)(C)C(C)(C)[OH2+]. The standard InChI is InChI=1S/C21H27BFO3/c1-6-16-12-19(25-14-15-10-8-7-9-11-15)18(23)13-17(16)22-26-21(4,5)20(2,3)24/h7-13,24H,6,14H2,1-5H3/p+1. The molecule has 1 radical (unpaired) electrons. The van der Waals surface area contributed by atoms with Crippen molar-refractivity contribution in [1.29, 1.82) is 0 Å². The molecule has 0 fully saturated rings. The molecule has 0 aliphatic carbocycles. The first-order valence-electron chi connectivity index (χ1n) is 8.89. The summed E-state index contributed by atoms with van der Waals surface area (Å²) in [5, 5.41) is 8.17. The van der Waals surface area contributed by atoms with Crippen molar-refractivity contribution in [2.75, 3.05) is 0 Å². The van der Waals surface area contributed by atoms with E-state index in [-0.39, 0.29) is 5.75 Å². The summed E-state index contributed by atoms with van der Waals surface area (Å²) in [6.07, 6.45) is 0.724. The minimum atomic E-state index is -0.785. The van der Waals surface area contributed by atoms with Crippen LogP contribution in [0.1, 0.15) is 45.7 Å². The fraction of sp³-hybridized carbons (Fsp3) is 0.429. The van der Waals surface area contributed by atoms with E-state index in [1.54, 1.807) is 27.4 Å². The lowest BCUT2D eigenvalue weighted by Crippen LogP contribution is -2.49. The highest BCUT2D eigenvalue weighted by molar-refractivity contribution is 6.47. The molecule has 0 saturated heterocycles. The third-order valence-corrected chi connectivity index (χ3v) is 4.80. The number of halogens is 1. The zero-order valence-corrected chi connectivity index (χ0v) is 16.2. The van der Waals surface area contributed by atoms with Crippen molar-refractivity contribution >= 4 is 12.9 Å². The Morgan fingerprint density at radius 2 is 1.73 bits per heavy atom. The number of aryl methyl sites for hydroxylation is 1. The van der Waals surface area contributed by atoms with Gasteiger partial charge in [-0.05, 0) is 49.0 Å². The largest absolute Gasteiger partial charge is 0.486 e. The van der Waals surface area contributed by atoms with Gasteiger partial charge < -0.3 is 14.5 Å². The predicted molar refractivity (Wildman–Crippen MR) is 105 cm³/mol. The lowest BCUT2D eigenvalue weighted by Gasteiger charge is -2.33.